The standard InChI is InChI=1S/C10H13.Al.BrH.2H/c1-3-9-7-5-6-8-10(9)4-2;;;;/h5-7H,3-4H2,1-2H3;;1H;;. The molecule has 0 spiro atoms. The van der Waals surface area contributed by atoms with Crippen LogP contribution >= 0.6 is 17.0 Å². The van der Waals surface area contributed by atoms with E-state index in [1.54, 1.807) is 15.6 Å². The van der Waals surface area contributed by atoms with Crippen LogP contribution in [0.15, 0.2) is 18.2 Å². The molecule has 0 saturated carbocycles. The smallest absolute Gasteiger partial charge is 0.117 e. The summed E-state index contributed by atoms with van der Waals surface area (Å²) < 4.78 is 1.58. The van der Waals surface area contributed by atoms with Crippen LogP contribution in [0, 0.1) is 0 Å². The molecule has 0 fully saturated rings. The monoisotopic (exact) mass is 242 g/mol. The SMILES string of the molecule is Br.CCc1ccc[c]([AlH2])c1CC. The number of halogens is 1. The van der Waals surface area contributed by atoms with Crippen molar-refractivity contribution in [3.8, 4) is 0 Å². The summed E-state index contributed by atoms with van der Waals surface area (Å²) in [4.78, 5) is 0. The highest BCUT2D eigenvalue weighted by molar-refractivity contribution is 8.93. The molecule has 0 unspecified atom stereocenters. The Bertz CT molecular complexity index is 246. The van der Waals surface area contributed by atoms with Gasteiger partial charge in [0.1, 0.15) is 0 Å². The van der Waals surface area contributed by atoms with Crippen molar-refractivity contribution in [3.63, 3.8) is 0 Å². The Morgan fingerprint density at radius 3 is 2.25 bits per heavy atom. The molecule has 0 radical (unpaired) electrons. The molecule has 0 aliphatic rings. The van der Waals surface area contributed by atoms with Crippen LogP contribution in [0.5, 0.6) is 0 Å². The van der Waals surface area contributed by atoms with Crippen molar-refractivity contribution < 1.29 is 0 Å². The lowest BCUT2D eigenvalue weighted by Crippen LogP contribution is -2.11. The van der Waals surface area contributed by atoms with Gasteiger partial charge in [-0.2, -0.15) is 0 Å². The molecule has 0 nitrogen and oxygen atoms in total. The first-order valence-electron chi connectivity index (χ1n) is 4.37. The van der Waals surface area contributed by atoms with E-state index in [2.05, 4.69) is 32.0 Å². The summed E-state index contributed by atoms with van der Waals surface area (Å²) in [6.07, 6.45) is 2.38. The normalized spacial score (nSPS) is 9.17. The minimum absolute atomic E-state index is 0. The summed E-state index contributed by atoms with van der Waals surface area (Å²) in [6.45, 7) is 4.48. The van der Waals surface area contributed by atoms with Gasteiger partial charge in [-0.3, -0.25) is 0 Å². The topological polar surface area (TPSA) is 0 Å². The summed E-state index contributed by atoms with van der Waals surface area (Å²) in [6, 6.07) is 6.69. The van der Waals surface area contributed by atoms with Gasteiger partial charge >= 0.3 is 0 Å². The van der Waals surface area contributed by atoms with Gasteiger partial charge in [0.25, 0.3) is 16.3 Å². The van der Waals surface area contributed by atoms with E-state index < -0.39 is 0 Å². The quantitative estimate of drug-likeness (QED) is 0.693. The number of hydrogen-bond donors (Lipinski definition) is 0. The van der Waals surface area contributed by atoms with Gasteiger partial charge in [0.2, 0.25) is 0 Å². The molecule has 0 amide bonds. The Hall–Kier alpha value is 0.232. The third-order valence-corrected chi connectivity index (χ3v) is 3.18. The van der Waals surface area contributed by atoms with Crippen molar-refractivity contribution in [1.82, 2.24) is 0 Å². The van der Waals surface area contributed by atoms with E-state index in [1.165, 1.54) is 29.1 Å². The average Bonchev–Trinajstić information content (AvgIpc) is 2.04. The minimum Gasteiger partial charge on any atom is -0.117 e. The highest BCUT2D eigenvalue weighted by Crippen LogP contribution is 2.06. The fourth-order valence-corrected chi connectivity index (χ4v) is 2.47. The number of hydrogen-bond acceptors (Lipinski definition) is 0. The van der Waals surface area contributed by atoms with Crippen molar-refractivity contribution in [3.05, 3.63) is 29.3 Å². The molecule has 0 saturated heterocycles. The highest BCUT2D eigenvalue weighted by Gasteiger charge is 1.99. The van der Waals surface area contributed by atoms with Crippen molar-refractivity contribution in [1.29, 1.82) is 0 Å². The van der Waals surface area contributed by atoms with Crippen LogP contribution in [0.2, 0.25) is 0 Å². The second-order valence-corrected chi connectivity index (χ2v) is 4.00. The Morgan fingerprint density at radius 2 is 1.83 bits per heavy atom. The summed E-state index contributed by atoms with van der Waals surface area (Å²) in [5, 5.41) is 0. The fourth-order valence-electron chi connectivity index (χ4n) is 1.60. The summed E-state index contributed by atoms with van der Waals surface area (Å²) in [7, 11) is 0. The molecular formula is C10H16AlBr. The van der Waals surface area contributed by atoms with Gasteiger partial charge in [0.15, 0.2) is 0 Å². The van der Waals surface area contributed by atoms with Crippen LogP contribution < -0.4 is 4.43 Å². The molecule has 0 aliphatic heterocycles. The second-order valence-electron chi connectivity index (χ2n) is 2.92. The van der Waals surface area contributed by atoms with Crippen molar-refractivity contribution >= 4 is 37.7 Å². The van der Waals surface area contributed by atoms with Crippen LogP contribution in [0.3, 0.4) is 0 Å². The summed E-state index contributed by atoms with van der Waals surface area (Å²) in [5.74, 6) is 0. The maximum Gasteiger partial charge on any atom is 0.259 e. The van der Waals surface area contributed by atoms with Gasteiger partial charge < -0.3 is 0 Å². The fraction of sp³-hybridized carbons (Fsp3) is 0.400. The van der Waals surface area contributed by atoms with Gasteiger partial charge in [-0.05, 0) is 18.4 Å². The van der Waals surface area contributed by atoms with Gasteiger partial charge in [-0.25, -0.2) is 0 Å². The summed E-state index contributed by atoms with van der Waals surface area (Å²) in [5.41, 5.74) is 3.14. The molecule has 1 aromatic carbocycles. The molecule has 0 atom stereocenters. The van der Waals surface area contributed by atoms with Crippen LogP contribution in [0.25, 0.3) is 0 Å². The second kappa shape index (κ2) is 5.81. The predicted molar refractivity (Wildman–Crippen MR) is 63.7 cm³/mol. The molecular weight excluding hydrogens is 227 g/mol. The lowest BCUT2D eigenvalue weighted by molar-refractivity contribution is 1.05. The number of benzene rings is 1. The lowest BCUT2D eigenvalue weighted by Gasteiger charge is -2.08. The van der Waals surface area contributed by atoms with Gasteiger partial charge in [-0.15, -0.1) is 21.4 Å². The van der Waals surface area contributed by atoms with Gasteiger partial charge in [-0.1, -0.05) is 37.6 Å². The number of rotatable bonds is 2. The Balaban J connectivity index is 0.00000121. The number of aryl methyl sites for hydroxylation is 1. The lowest BCUT2D eigenvalue weighted by atomic mass is 10.0. The van der Waals surface area contributed by atoms with E-state index in [9.17, 15) is 0 Å². The summed E-state index contributed by atoms with van der Waals surface area (Å²) >= 11 is 1.19. The minimum atomic E-state index is 0. The van der Waals surface area contributed by atoms with Crippen molar-refractivity contribution in [2.45, 2.75) is 26.7 Å². The molecule has 66 valence electrons. The Morgan fingerprint density at radius 1 is 1.17 bits per heavy atom. The largest absolute Gasteiger partial charge is 0.259 e. The molecule has 0 heterocycles. The van der Waals surface area contributed by atoms with Crippen molar-refractivity contribution in [2.24, 2.45) is 0 Å². The van der Waals surface area contributed by atoms with Crippen LogP contribution in [-0.2, 0) is 12.8 Å². The van der Waals surface area contributed by atoms with Gasteiger partial charge in [0.05, 0.1) is 0 Å². The predicted octanol–water partition coefficient (Wildman–Crippen LogP) is 1.65. The van der Waals surface area contributed by atoms with E-state index >= 15 is 0 Å². The maximum absolute atomic E-state index is 2.25. The zero-order valence-corrected chi connectivity index (χ0v) is 11.8. The maximum atomic E-state index is 2.25. The van der Waals surface area contributed by atoms with E-state index in [0.717, 1.165) is 0 Å². The Kier molecular flexibility index (Phi) is 5.92. The third-order valence-electron chi connectivity index (χ3n) is 2.24. The van der Waals surface area contributed by atoms with E-state index in [-0.39, 0.29) is 17.0 Å². The zero-order chi connectivity index (χ0) is 8.27. The first kappa shape index (κ1) is 12.2. The van der Waals surface area contributed by atoms with E-state index in [4.69, 9.17) is 0 Å². The Labute approximate surface area is 93.6 Å². The molecule has 12 heavy (non-hydrogen) atoms. The van der Waals surface area contributed by atoms with E-state index in [0.29, 0.717) is 0 Å². The highest BCUT2D eigenvalue weighted by atomic mass is 79.9. The molecule has 0 aromatic heterocycles. The van der Waals surface area contributed by atoms with Gasteiger partial charge in [0, 0.05) is 0 Å². The van der Waals surface area contributed by atoms with Crippen LogP contribution in [0.4, 0.5) is 0 Å². The molecule has 1 rings (SSSR count). The molecule has 2 heteroatoms. The zero-order valence-electron chi connectivity index (χ0n) is 8.05. The first-order chi connectivity index (χ1) is 5.29. The first-order valence-corrected chi connectivity index (χ1v) is 5.37. The van der Waals surface area contributed by atoms with Crippen LogP contribution in [-0.4, -0.2) is 16.3 Å². The van der Waals surface area contributed by atoms with Crippen LogP contribution in [0.1, 0.15) is 25.0 Å². The molecule has 0 N–H and O–H groups in total. The van der Waals surface area contributed by atoms with E-state index in [1.807, 2.05) is 0 Å². The third kappa shape index (κ3) is 2.62. The average molecular weight is 243 g/mol. The van der Waals surface area contributed by atoms with Crippen molar-refractivity contribution in [2.75, 3.05) is 0 Å². The molecule has 0 aliphatic carbocycles. The molecule has 1 aromatic rings. The molecule has 0 bridgehead atoms.